The second-order valence-electron chi connectivity index (χ2n) is 2.34. The standard InChI is InChI=1S/C7H13O/c1-2-8-6-5-7-3-4-7/h7H,1-6H2. The summed E-state index contributed by atoms with van der Waals surface area (Å²) in [4.78, 5) is 0. The van der Waals surface area contributed by atoms with Crippen LogP contribution in [0, 0.1) is 12.8 Å². The van der Waals surface area contributed by atoms with Crippen molar-refractivity contribution in [2.45, 2.75) is 19.3 Å². The van der Waals surface area contributed by atoms with Crippen molar-refractivity contribution in [2.24, 2.45) is 5.92 Å². The third-order valence-corrected chi connectivity index (χ3v) is 1.51. The van der Waals surface area contributed by atoms with Crippen molar-refractivity contribution in [3.8, 4) is 0 Å². The number of hydrogen-bond donors (Lipinski definition) is 0. The van der Waals surface area contributed by atoms with E-state index in [0.29, 0.717) is 6.61 Å². The summed E-state index contributed by atoms with van der Waals surface area (Å²) >= 11 is 0. The summed E-state index contributed by atoms with van der Waals surface area (Å²) in [6.07, 6.45) is 4.12. The third kappa shape index (κ3) is 2.31. The van der Waals surface area contributed by atoms with E-state index in [9.17, 15) is 0 Å². The van der Waals surface area contributed by atoms with Crippen LogP contribution in [0.3, 0.4) is 0 Å². The minimum Gasteiger partial charge on any atom is -0.381 e. The Balaban J connectivity index is 1.74. The molecule has 1 nitrogen and oxygen atoms in total. The molecule has 0 aromatic carbocycles. The Labute approximate surface area is 51.0 Å². The molecule has 1 heteroatoms. The molecule has 0 unspecified atom stereocenters. The van der Waals surface area contributed by atoms with Gasteiger partial charge < -0.3 is 4.74 Å². The first-order valence-corrected chi connectivity index (χ1v) is 3.30. The molecule has 47 valence electrons. The number of rotatable bonds is 4. The molecule has 8 heavy (non-hydrogen) atoms. The molecule has 1 rings (SSSR count). The highest BCUT2D eigenvalue weighted by Gasteiger charge is 2.19. The van der Waals surface area contributed by atoms with E-state index in [1.54, 1.807) is 0 Å². The summed E-state index contributed by atoms with van der Waals surface area (Å²) in [5.74, 6) is 1.00. The Morgan fingerprint density at radius 3 is 2.75 bits per heavy atom. The Hall–Kier alpha value is -0.0400. The fraction of sp³-hybridized carbons (Fsp3) is 0.857. The highest BCUT2D eigenvalue weighted by molar-refractivity contribution is 4.72. The zero-order valence-electron chi connectivity index (χ0n) is 5.23. The largest absolute Gasteiger partial charge is 0.381 e. The summed E-state index contributed by atoms with van der Waals surface area (Å²) < 4.78 is 5.07. The molecule has 0 atom stereocenters. The van der Waals surface area contributed by atoms with Gasteiger partial charge in [0.2, 0.25) is 0 Å². The Morgan fingerprint density at radius 1 is 1.50 bits per heavy atom. The van der Waals surface area contributed by atoms with Crippen molar-refractivity contribution in [1.82, 2.24) is 0 Å². The molecule has 1 aliphatic carbocycles. The molecule has 0 heterocycles. The first-order chi connectivity index (χ1) is 3.93. The van der Waals surface area contributed by atoms with Crippen LogP contribution in [0.2, 0.25) is 0 Å². The van der Waals surface area contributed by atoms with E-state index in [1.165, 1.54) is 19.3 Å². The third-order valence-electron chi connectivity index (χ3n) is 1.51. The average molecular weight is 113 g/mol. The molecular weight excluding hydrogens is 100 g/mol. The van der Waals surface area contributed by atoms with Crippen LogP contribution in [0.25, 0.3) is 0 Å². The van der Waals surface area contributed by atoms with Gasteiger partial charge in [-0.15, -0.1) is 0 Å². The topological polar surface area (TPSA) is 9.23 Å². The molecule has 1 aliphatic rings. The predicted molar refractivity (Wildman–Crippen MR) is 33.5 cm³/mol. The van der Waals surface area contributed by atoms with Gasteiger partial charge in [0.05, 0.1) is 0 Å². The molecule has 0 saturated heterocycles. The molecule has 0 spiro atoms. The highest BCUT2D eigenvalue weighted by atomic mass is 16.5. The normalized spacial score (nSPS) is 19.1. The smallest absolute Gasteiger partial charge is 0.0468 e. The van der Waals surface area contributed by atoms with Crippen LogP contribution < -0.4 is 0 Å². The van der Waals surface area contributed by atoms with Gasteiger partial charge in [-0.3, -0.25) is 0 Å². The van der Waals surface area contributed by atoms with E-state index >= 15 is 0 Å². The summed E-state index contributed by atoms with van der Waals surface area (Å²) in [7, 11) is 0. The lowest BCUT2D eigenvalue weighted by Crippen LogP contribution is -1.93. The van der Waals surface area contributed by atoms with E-state index < -0.39 is 0 Å². The Morgan fingerprint density at radius 2 is 2.25 bits per heavy atom. The second kappa shape index (κ2) is 3.08. The van der Waals surface area contributed by atoms with Crippen molar-refractivity contribution in [2.75, 3.05) is 13.2 Å². The zero-order chi connectivity index (χ0) is 5.82. The van der Waals surface area contributed by atoms with Gasteiger partial charge in [0.25, 0.3) is 0 Å². The summed E-state index contributed by atoms with van der Waals surface area (Å²) in [6, 6.07) is 0. The van der Waals surface area contributed by atoms with Gasteiger partial charge >= 0.3 is 0 Å². The maximum absolute atomic E-state index is 5.07. The van der Waals surface area contributed by atoms with Gasteiger partial charge in [0.1, 0.15) is 0 Å². The Bertz CT molecular complexity index is 57.4. The van der Waals surface area contributed by atoms with E-state index in [0.717, 1.165) is 12.5 Å². The molecule has 1 radical (unpaired) electrons. The molecule has 0 aromatic rings. The second-order valence-corrected chi connectivity index (χ2v) is 2.34. The van der Waals surface area contributed by atoms with E-state index in [1.807, 2.05) is 0 Å². The van der Waals surface area contributed by atoms with Crippen LogP contribution in [-0.2, 0) is 4.74 Å². The van der Waals surface area contributed by atoms with Crippen molar-refractivity contribution in [1.29, 1.82) is 0 Å². The van der Waals surface area contributed by atoms with E-state index in [4.69, 9.17) is 4.74 Å². The van der Waals surface area contributed by atoms with Crippen LogP contribution in [-0.4, -0.2) is 13.2 Å². The lowest BCUT2D eigenvalue weighted by Gasteiger charge is -1.96. The van der Waals surface area contributed by atoms with Gasteiger partial charge in [-0.05, 0) is 19.3 Å². The molecule has 0 bridgehead atoms. The Kier molecular flexibility index (Phi) is 2.34. The van der Waals surface area contributed by atoms with Crippen molar-refractivity contribution < 1.29 is 4.74 Å². The van der Waals surface area contributed by atoms with Gasteiger partial charge in [-0.25, -0.2) is 0 Å². The SMILES string of the molecule is [CH2]COCCC1CC1. The molecule has 1 fully saturated rings. The summed E-state index contributed by atoms with van der Waals surface area (Å²) in [5.41, 5.74) is 0. The quantitative estimate of drug-likeness (QED) is 0.503. The maximum atomic E-state index is 5.07. The molecule has 0 N–H and O–H groups in total. The van der Waals surface area contributed by atoms with Crippen molar-refractivity contribution in [3.05, 3.63) is 6.92 Å². The van der Waals surface area contributed by atoms with Crippen LogP contribution in [0.1, 0.15) is 19.3 Å². The van der Waals surface area contributed by atoms with Crippen molar-refractivity contribution in [3.63, 3.8) is 0 Å². The fourth-order valence-electron chi connectivity index (χ4n) is 0.759. The molecular formula is C7H13O. The molecule has 0 aliphatic heterocycles. The van der Waals surface area contributed by atoms with Gasteiger partial charge in [-0.2, -0.15) is 0 Å². The van der Waals surface area contributed by atoms with Crippen LogP contribution >= 0.6 is 0 Å². The van der Waals surface area contributed by atoms with Crippen LogP contribution in [0.5, 0.6) is 0 Å². The summed E-state index contributed by atoms with van der Waals surface area (Å²) in [6.45, 7) is 5.14. The molecule has 0 aromatic heterocycles. The highest BCUT2D eigenvalue weighted by Crippen LogP contribution is 2.31. The van der Waals surface area contributed by atoms with Gasteiger partial charge in [-0.1, -0.05) is 12.8 Å². The van der Waals surface area contributed by atoms with Crippen LogP contribution in [0.4, 0.5) is 0 Å². The lowest BCUT2D eigenvalue weighted by molar-refractivity contribution is 0.154. The number of hydrogen-bond acceptors (Lipinski definition) is 1. The first kappa shape index (κ1) is 6.09. The predicted octanol–water partition coefficient (Wildman–Crippen LogP) is 1.64. The monoisotopic (exact) mass is 113 g/mol. The summed E-state index contributed by atoms with van der Waals surface area (Å²) in [5, 5.41) is 0. The van der Waals surface area contributed by atoms with Crippen molar-refractivity contribution >= 4 is 0 Å². The molecule has 1 saturated carbocycles. The molecule has 0 amide bonds. The minimum absolute atomic E-state index is 0.632. The minimum atomic E-state index is 0.632. The van der Waals surface area contributed by atoms with E-state index in [-0.39, 0.29) is 0 Å². The van der Waals surface area contributed by atoms with Crippen LogP contribution in [0.15, 0.2) is 0 Å². The van der Waals surface area contributed by atoms with Gasteiger partial charge in [0.15, 0.2) is 0 Å². The lowest BCUT2D eigenvalue weighted by atomic mass is 10.3. The average Bonchev–Trinajstić information content (AvgIpc) is 2.51. The number of ether oxygens (including phenoxy) is 1. The maximum Gasteiger partial charge on any atom is 0.0468 e. The first-order valence-electron chi connectivity index (χ1n) is 3.30. The zero-order valence-corrected chi connectivity index (χ0v) is 5.23. The van der Waals surface area contributed by atoms with Gasteiger partial charge in [0, 0.05) is 13.2 Å². The fourth-order valence-corrected chi connectivity index (χ4v) is 0.759. The van der Waals surface area contributed by atoms with E-state index in [2.05, 4.69) is 6.92 Å².